The minimum atomic E-state index is 0.0410. The summed E-state index contributed by atoms with van der Waals surface area (Å²) in [6.07, 6.45) is 1.08. The predicted octanol–water partition coefficient (Wildman–Crippen LogP) is 2.72. The van der Waals surface area contributed by atoms with E-state index in [2.05, 4.69) is 38.2 Å². The van der Waals surface area contributed by atoms with E-state index in [4.69, 9.17) is 0 Å². The first-order valence-corrected chi connectivity index (χ1v) is 7.22. The van der Waals surface area contributed by atoms with Gasteiger partial charge in [0.25, 0.3) is 0 Å². The van der Waals surface area contributed by atoms with Crippen LogP contribution in [0.4, 0.5) is 0 Å². The standard InChI is InChI=1S/C16H28N2O2/c1-11(2)8-13(10-18(4)5)17-12(3)15-7-6-14(19)9-16(15)20/h6-7,9,11-13,17,19-20H,8,10H2,1-5H3. The molecule has 0 radical (unpaired) electrons. The zero-order valence-corrected chi connectivity index (χ0v) is 13.2. The first kappa shape index (κ1) is 16.8. The van der Waals surface area contributed by atoms with E-state index in [0.29, 0.717) is 12.0 Å². The predicted molar refractivity (Wildman–Crippen MR) is 83.1 cm³/mol. The fourth-order valence-corrected chi connectivity index (χ4v) is 2.55. The zero-order valence-electron chi connectivity index (χ0n) is 13.2. The molecular formula is C16H28N2O2. The van der Waals surface area contributed by atoms with Crippen LogP contribution in [0.25, 0.3) is 0 Å². The maximum Gasteiger partial charge on any atom is 0.124 e. The summed E-state index contributed by atoms with van der Waals surface area (Å²) < 4.78 is 0. The van der Waals surface area contributed by atoms with Crippen LogP contribution >= 0.6 is 0 Å². The molecule has 1 aromatic carbocycles. The van der Waals surface area contributed by atoms with Gasteiger partial charge in [-0.25, -0.2) is 0 Å². The molecule has 0 fully saturated rings. The molecule has 2 atom stereocenters. The number of rotatable bonds is 7. The minimum Gasteiger partial charge on any atom is -0.508 e. The second-order valence-electron chi connectivity index (χ2n) is 6.22. The van der Waals surface area contributed by atoms with Gasteiger partial charge in [0.1, 0.15) is 11.5 Å². The van der Waals surface area contributed by atoms with Gasteiger partial charge in [-0.15, -0.1) is 0 Å². The molecule has 0 amide bonds. The first-order valence-electron chi connectivity index (χ1n) is 7.22. The normalized spacial score (nSPS) is 14.8. The molecule has 0 saturated heterocycles. The lowest BCUT2D eigenvalue weighted by molar-refractivity contribution is 0.289. The van der Waals surface area contributed by atoms with Gasteiger partial charge in [0.15, 0.2) is 0 Å². The maximum atomic E-state index is 9.93. The molecule has 4 heteroatoms. The van der Waals surface area contributed by atoms with Gasteiger partial charge in [-0.1, -0.05) is 19.9 Å². The van der Waals surface area contributed by atoms with Crippen LogP contribution in [-0.4, -0.2) is 41.8 Å². The number of benzene rings is 1. The molecule has 0 aliphatic rings. The molecule has 0 aliphatic heterocycles. The summed E-state index contributed by atoms with van der Waals surface area (Å²) in [6, 6.07) is 5.17. The fraction of sp³-hybridized carbons (Fsp3) is 0.625. The van der Waals surface area contributed by atoms with Crippen molar-refractivity contribution in [2.45, 2.75) is 39.3 Å². The summed E-state index contributed by atoms with van der Waals surface area (Å²) in [4.78, 5) is 2.17. The van der Waals surface area contributed by atoms with Crippen molar-refractivity contribution >= 4 is 0 Å². The number of nitrogens with one attached hydrogen (secondary N) is 1. The van der Waals surface area contributed by atoms with Gasteiger partial charge in [0.05, 0.1) is 0 Å². The molecule has 114 valence electrons. The number of nitrogens with zero attached hydrogens (tertiary/aromatic N) is 1. The summed E-state index contributed by atoms with van der Waals surface area (Å²) >= 11 is 0. The number of likely N-dealkylation sites (N-methyl/N-ethyl adjacent to an activating group) is 1. The number of hydrogen-bond donors (Lipinski definition) is 3. The Kier molecular flexibility index (Phi) is 6.30. The Hall–Kier alpha value is -1.26. The molecule has 1 rings (SSSR count). The van der Waals surface area contributed by atoms with E-state index in [9.17, 15) is 10.2 Å². The fourth-order valence-electron chi connectivity index (χ4n) is 2.55. The van der Waals surface area contributed by atoms with Gasteiger partial charge in [0, 0.05) is 30.3 Å². The summed E-state index contributed by atoms with van der Waals surface area (Å²) in [7, 11) is 4.13. The SMILES string of the molecule is CC(C)CC(CN(C)C)NC(C)c1ccc(O)cc1O. The van der Waals surface area contributed by atoms with E-state index < -0.39 is 0 Å². The van der Waals surface area contributed by atoms with Gasteiger partial charge in [-0.2, -0.15) is 0 Å². The number of phenolic OH excluding ortho intramolecular Hbond substituents is 2. The molecule has 3 N–H and O–H groups in total. The average molecular weight is 280 g/mol. The van der Waals surface area contributed by atoms with Crippen molar-refractivity contribution in [1.82, 2.24) is 10.2 Å². The van der Waals surface area contributed by atoms with Crippen LogP contribution in [0.3, 0.4) is 0 Å². The Morgan fingerprint density at radius 3 is 2.30 bits per heavy atom. The van der Waals surface area contributed by atoms with E-state index in [1.807, 2.05) is 6.92 Å². The molecule has 0 saturated carbocycles. The van der Waals surface area contributed by atoms with Crippen LogP contribution in [0.1, 0.15) is 38.8 Å². The number of phenols is 2. The van der Waals surface area contributed by atoms with Crippen LogP contribution in [-0.2, 0) is 0 Å². The maximum absolute atomic E-state index is 9.93. The van der Waals surface area contributed by atoms with Crippen LogP contribution in [0, 0.1) is 5.92 Å². The largest absolute Gasteiger partial charge is 0.508 e. The third-order valence-electron chi connectivity index (χ3n) is 3.31. The highest BCUT2D eigenvalue weighted by molar-refractivity contribution is 5.40. The Labute approximate surface area is 122 Å². The second kappa shape index (κ2) is 7.50. The van der Waals surface area contributed by atoms with Crippen molar-refractivity contribution in [1.29, 1.82) is 0 Å². The highest BCUT2D eigenvalue weighted by atomic mass is 16.3. The van der Waals surface area contributed by atoms with Crippen LogP contribution in [0.2, 0.25) is 0 Å². The molecule has 2 unspecified atom stereocenters. The van der Waals surface area contributed by atoms with Gasteiger partial charge in [-0.05, 0) is 39.4 Å². The van der Waals surface area contributed by atoms with Gasteiger partial charge < -0.3 is 20.4 Å². The summed E-state index contributed by atoms with van der Waals surface area (Å²) in [5.41, 5.74) is 0.815. The lowest BCUT2D eigenvalue weighted by Gasteiger charge is -2.28. The molecule has 0 spiro atoms. The Balaban J connectivity index is 2.75. The average Bonchev–Trinajstić information content (AvgIpc) is 2.26. The lowest BCUT2D eigenvalue weighted by atomic mass is 10.0. The molecule has 1 aromatic rings. The third kappa shape index (κ3) is 5.39. The second-order valence-corrected chi connectivity index (χ2v) is 6.22. The van der Waals surface area contributed by atoms with E-state index in [1.54, 1.807) is 12.1 Å². The first-order chi connectivity index (χ1) is 9.29. The zero-order chi connectivity index (χ0) is 15.3. The Morgan fingerprint density at radius 1 is 1.15 bits per heavy atom. The molecule has 0 aromatic heterocycles. The Morgan fingerprint density at radius 2 is 1.80 bits per heavy atom. The Bertz CT molecular complexity index is 409. The van der Waals surface area contributed by atoms with Gasteiger partial charge in [-0.3, -0.25) is 0 Å². The van der Waals surface area contributed by atoms with Crippen molar-refractivity contribution < 1.29 is 10.2 Å². The van der Waals surface area contributed by atoms with E-state index in [0.717, 1.165) is 18.5 Å². The topological polar surface area (TPSA) is 55.7 Å². The van der Waals surface area contributed by atoms with Crippen molar-refractivity contribution in [3.05, 3.63) is 23.8 Å². The van der Waals surface area contributed by atoms with Crippen LogP contribution in [0.5, 0.6) is 11.5 Å². The third-order valence-corrected chi connectivity index (χ3v) is 3.31. The quantitative estimate of drug-likeness (QED) is 0.719. The van der Waals surface area contributed by atoms with Crippen molar-refractivity contribution in [3.63, 3.8) is 0 Å². The molecular weight excluding hydrogens is 252 g/mol. The highest BCUT2D eigenvalue weighted by Gasteiger charge is 2.17. The molecule has 0 aliphatic carbocycles. The van der Waals surface area contributed by atoms with Crippen molar-refractivity contribution in [3.8, 4) is 11.5 Å². The van der Waals surface area contributed by atoms with Crippen molar-refractivity contribution in [2.75, 3.05) is 20.6 Å². The smallest absolute Gasteiger partial charge is 0.124 e. The van der Waals surface area contributed by atoms with Crippen LogP contribution in [0.15, 0.2) is 18.2 Å². The molecule has 0 bridgehead atoms. The van der Waals surface area contributed by atoms with E-state index in [1.165, 1.54) is 6.07 Å². The highest BCUT2D eigenvalue weighted by Crippen LogP contribution is 2.28. The van der Waals surface area contributed by atoms with Gasteiger partial charge in [0.2, 0.25) is 0 Å². The minimum absolute atomic E-state index is 0.0410. The van der Waals surface area contributed by atoms with Gasteiger partial charge >= 0.3 is 0 Å². The van der Waals surface area contributed by atoms with E-state index in [-0.39, 0.29) is 17.5 Å². The lowest BCUT2D eigenvalue weighted by Crippen LogP contribution is -2.40. The van der Waals surface area contributed by atoms with Crippen molar-refractivity contribution in [2.24, 2.45) is 5.92 Å². The number of aromatic hydroxyl groups is 2. The summed E-state index contributed by atoms with van der Waals surface area (Å²) in [6.45, 7) is 7.43. The molecule has 20 heavy (non-hydrogen) atoms. The van der Waals surface area contributed by atoms with E-state index >= 15 is 0 Å². The summed E-state index contributed by atoms with van der Waals surface area (Å²) in [5.74, 6) is 0.844. The molecule has 4 nitrogen and oxygen atoms in total. The monoisotopic (exact) mass is 280 g/mol. The van der Waals surface area contributed by atoms with Crippen LogP contribution < -0.4 is 5.32 Å². The summed E-state index contributed by atoms with van der Waals surface area (Å²) in [5, 5.41) is 22.9. The molecule has 0 heterocycles. The number of hydrogen-bond acceptors (Lipinski definition) is 4.